The summed E-state index contributed by atoms with van der Waals surface area (Å²) < 4.78 is 32.1. The van der Waals surface area contributed by atoms with Crippen LogP contribution in [0, 0.1) is 0 Å². The van der Waals surface area contributed by atoms with Crippen LogP contribution in [0.2, 0.25) is 0 Å². The second-order valence-electron chi connectivity index (χ2n) is 6.56. The van der Waals surface area contributed by atoms with Crippen molar-refractivity contribution in [1.82, 2.24) is 0 Å². The van der Waals surface area contributed by atoms with E-state index in [4.69, 9.17) is 0 Å². The summed E-state index contributed by atoms with van der Waals surface area (Å²) in [5.41, 5.74) is 1.58. The lowest BCUT2D eigenvalue weighted by atomic mass is 10.1. The molecule has 0 fully saturated rings. The number of sulfonamides is 1. The van der Waals surface area contributed by atoms with Gasteiger partial charge in [0.1, 0.15) is 0 Å². The normalized spacial score (nSPS) is 10.9. The summed E-state index contributed by atoms with van der Waals surface area (Å²) in [6.07, 6.45) is 0. The molecule has 0 saturated carbocycles. The minimum absolute atomic E-state index is 0.0856. The first kappa shape index (κ1) is 22.0. The average Bonchev–Trinajstić information content (AvgIpc) is 2.79. The van der Waals surface area contributed by atoms with Crippen molar-refractivity contribution >= 4 is 33.3 Å². The van der Waals surface area contributed by atoms with Crippen molar-refractivity contribution in [3.05, 3.63) is 90.0 Å². The lowest BCUT2D eigenvalue weighted by molar-refractivity contribution is 0.0600. The number of carbonyl (C=O) groups is 2. The van der Waals surface area contributed by atoms with Crippen LogP contribution in [-0.4, -0.2) is 33.9 Å². The number of hydrogen-bond acceptors (Lipinski definition) is 5. The van der Waals surface area contributed by atoms with Gasteiger partial charge in [-0.1, -0.05) is 24.3 Å². The quantitative estimate of drug-likeness (QED) is 0.564. The van der Waals surface area contributed by atoms with Gasteiger partial charge in [0.05, 0.1) is 23.3 Å². The fourth-order valence-electron chi connectivity index (χ4n) is 3.04. The van der Waals surface area contributed by atoms with Crippen molar-refractivity contribution in [2.45, 2.75) is 11.8 Å². The summed E-state index contributed by atoms with van der Waals surface area (Å²) >= 11 is 0. The largest absolute Gasteiger partial charge is 0.465 e. The van der Waals surface area contributed by atoms with E-state index >= 15 is 0 Å². The number of hydrogen-bond donors (Lipinski definition) is 1. The van der Waals surface area contributed by atoms with Crippen LogP contribution in [-0.2, 0) is 14.8 Å². The fourth-order valence-corrected chi connectivity index (χ4v) is 4.51. The number of benzene rings is 3. The van der Waals surface area contributed by atoms with Crippen molar-refractivity contribution in [1.29, 1.82) is 0 Å². The van der Waals surface area contributed by atoms with Gasteiger partial charge >= 0.3 is 5.97 Å². The lowest BCUT2D eigenvalue weighted by Crippen LogP contribution is -2.30. The SMILES string of the molecule is CCN(c1ccccc1)S(=O)(=O)c1ccc(C(=O)Nc2cccc(C(=O)OC)c2)cc1. The Kier molecular flexibility index (Phi) is 6.71. The minimum atomic E-state index is -3.77. The molecule has 160 valence electrons. The summed E-state index contributed by atoms with van der Waals surface area (Å²) in [4.78, 5) is 24.3. The zero-order valence-corrected chi connectivity index (χ0v) is 17.9. The highest BCUT2D eigenvalue weighted by atomic mass is 32.2. The first-order chi connectivity index (χ1) is 14.9. The number of nitrogens with zero attached hydrogens (tertiary/aromatic N) is 1. The maximum absolute atomic E-state index is 13.0. The van der Waals surface area contributed by atoms with E-state index in [0.717, 1.165) is 0 Å². The number of esters is 1. The van der Waals surface area contributed by atoms with Gasteiger partial charge in [-0.05, 0) is 61.5 Å². The minimum Gasteiger partial charge on any atom is -0.465 e. The average molecular weight is 439 g/mol. The molecule has 0 heterocycles. The number of nitrogens with one attached hydrogen (secondary N) is 1. The van der Waals surface area contributed by atoms with Crippen LogP contribution in [0.15, 0.2) is 83.8 Å². The Labute approximate surface area is 181 Å². The molecule has 0 aliphatic heterocycles. The van der Waals surface area contributed by atoms with E-state index in [1.54, 1.807) is 49.4 Å². The number of ether oxygens (including phenoxy) is 1. The summed E-state index contributed by atoms with van der Waals surface area (Å²) in [6.45, 7) is 2.03. The molecule has 3 aromatic rings. The second-order valence-corrected chi connectivity index (χ2v) is 8.42. The topological polar surface area (TPSA) is 92.8 Å². The van der Waals surface area contributed by atoms with Gasteiger partial charge in [0.2, 0.25) is 0 Å². The molecule has 3 rings (SSSR count). The molecule has 0 spiro atoms. The van der Waals surface area contributed by atoms with Crippen LogP contribution in [0.25, 0.3) is 0 Å². The van der Waals surface area contributed by atoms with Gasteiger partial charge in [-0.25, -0.2) is 13.2 Å². The fraction of sp³-hybridized carbons (Fsp3) is 0.130. The zero-order chi connectivity index (χ0) is 22.4. The summed E-state index contributed by atoms with van der Waals surface area (Å²) in [5.74, 6) is -0.939. The molecule has 1 amide bonds. The van der Waals surface area contributed by atoms with Crippen LogP contribution >= 0.6 is 0 Å². The van der Waals surface area contributed by atoms with Crippen LogP contribution in [0.5, 0.6) is 0 Å². The van der Waals surface area contributed by atoms with Crippen LogP contribution in [0.3, 0.4) is 0 Å². The third kappa shape index (κ3) is 4.92. The smallest absolute Gasteiger partial charge is 0.337 e. The van der Waals surface area contributed by atoms with E-state index in [-0.39, 0.29) is 17.0 Å². The van der Waals surface area contributed by atoms with Crippen molar-refractivity contribution in [2.24, 2.45) is 0 Å². The van der Waals surface area contributed by atoms with Crippen molar-refractivity contribution in [2.75, 3.05) is 23.3 Å². The van der Waals surface area contributed by atoms with Gasteiger partial charge in [0.15, 0.2) is 0 Å². The maximum Gasteiger partial charge on any atom is 0.337 e. The van der Waals surface area contributed by atoms with Crippen molar-refractivity contribution in [3.63, 3.8) is 0 Å². The van der Waals surface area contributed by atoms with Crippen LogP contribution < -0.4 is 9.62 Å². The van der Waals surface area contributed by atoms with E-state index in [2.05, 4.69) is 10.1 Å². The van der Waals surface area contributed by atoms with E-state index in [1.807, 2.05) is 6.07 Å². The highest BCUT2D eigenvalue weighted by molar-refractivity contribution is 7.92. The number of carbonyl (C=O) groups excluding carboxylic acids is 2. The number of para-hydroxylation sites is 1. The summed E-state index contributed by atoms with van der Waals surface area (Å²) in [5, 5.41) is 2.69. The molecular formula is C23H22N2O5S. The molecule has 7 nitrogen and oxygen atoms in total. The van der Waals surface area contributed by atoms with Gasteiger partial charge < -0.3 is 10.1 Å². The van der Waals surface area contributed by atoms with Crippen molar-refractivity contribution < 1.29 is 22.7 Å². The number of methoxy groups -OCH3 is 1. The van der Waals surface area contributed by atoms with Gasteiger partial charge in [-0.15, -0.1) is 0 Å². The predicted molar refractivity (Wildman–Crippen MR) is 119 cm³/mol. The molecule has 0 unspecified atom stereocenters. The number of rotatable bonds is 7. The molecule has 0 atom stereocenters. The Bertz CT molecular complexity index is 1180. The summed E-state index contributed by atoms with van der Waals surface area (Å²) in [7, 11) is -2.49. The van der Waals surface area contributed by atoms with Crippen molar-refractivity contribution in [3.8, 4) is 0 Å². The highest BCUT2D eigenvalue weighted by Crippen LogP contribution is 2.23. The Balaban J connectivity index is 1.79. The van der Waals surface area contributed by atoms with E-state index < -0.39 is 21.9 Å². The highest BCUT2D eigenvalue weighted by Gasteiger charge is 2.23. The van der Waals surface area contributed by atoms with E-state index in [1.165, 1.54) is 41.7 Å². The molecule has 8 heteroatoms. The lowest BCUT2D eigenvalue weighted by Gasteiger charge is -2.23. The Morgan fingerprint density at radius 3 is 2.19 bits per heavy atom. The van der Waals surface area contributed by atoms with E-state index in [0.29, 0.717) is 16.9 Å². The molecule has 0 radical (unpaired) electrons. The molecule has 1 N–H and O–H groups in total. The monoisotopic (exact) mass is 438 g/mol. The molecule has 0 saturated heterocycles. The predicted octanol–water partition coefficient (Wildman–Crippen LogP) is 3.94. The molecule has 3 aromatic carbocycles. The van der Waals surface area contributed by atoms with Gasteiger partial charge in [0, 0.05) is 17.8 Å². The molecular weight excluding hydrogens is 416 g/mol. The first-order valence-electron chi connectivity index (χ1n) is 9.54. The van der Waals surface area contributed by atoms with Crippen LogP contribution in [0.1, 0.15) is 27.6 Å². The Morgan fingerprint density at radius 1 is 0.903 bits per heavy atom. The third-order valence-electron chi connectivity index (χ3n) is 4.58. The molecule has 0 aliphatic rings. The number of amides is 1. The van der Waals surface area contributed by atoms with Crippen LogP contribution in [0.4, 0.5) is 11.4 Å². The maximum atomic E-state index is 13.0. The van der Waals surface area contributed by atoms with Gasteiger partial charge in [-0.2, -0.15) is 0 Å². The molecule has 0 aliphatic carbocycles. The standard InChI is InChI=1S/C23H22N2O5S/c1-3-25(20-10-5-4-6-11-20)31(28,29)21-14-12-17(13-15-21)22(26)24-19-9-7-8-18(16-19)23(27)30-2/h4-16H,3H2,1-2H3,(H,24,26). The van der Waals surface area contributed by atoms with E-state index in [9.17, 15) is 18.0 Å². The third-order valence-corrected chi connectivity index (χ3v) is 6.49. The van der Waals surface area contributed by atoms with Gasteiger partial charge in [-0.3, -0.25) is 9.10 Å². The summed E-state index contributed by atoms with van der Waals surface area (Å²) in [6, 6.07) is 20.9. The first-order valence-corrected chi connectivity index (χ1v) is 11.0. The zero-order valence-electron chi connectivity index (χ0n) is 17.1. The Morgan fingerprint density at radius 2 is 1.58 bits per heavy atom. The molecule has 0 bridgehead atoms. The molecule has 0 aromatic heterocycles. The Hall–Kier alpha value is -3.65. The second kappa shape index (κ2) is 9.44. The van der Waals surface area contributed by atoms with Gasteiger partial charge in [0.25, 0.3) is 15.9 Å². The number of anilines is 2. The molecule has 31 heavy (non-hydrogen) atoms.